The minimum atomic E-state index is -0.0354. The zero-order valence-corrected chi connectivity index (χ0v) is 15.5. The van der Waals surface area contributed by atoms with Crippen LogP contribution in [0, 0.1) is 19.8 Å². The number of piperazine rings is 1. The van der Waals surface area contributed by atoms with Crippen LogP contribution in [0.2, 0.25) is 0 Å². The summed E-state index contributed by atoms with van der Waals surface area (Å²) in [6.07, 6.45) is 1.81. The molecule has 0 N–H and O–H groups in total. The van der Waals surface area contributed by atoms with Gasteiger partial charge in [0.2, 0.25) is 11.8 Å². The van der Waals surface area contributed by atoms with Crippen LogP contribution in [0.1, 0.15) is 36.8 Å². The van der Waals surface area contributed by atoms with Gasteiger partial charge in [-0.3, -0.25) is 14.5 Å². The quantitative estimate of drug-likeness (QED) is 0.821. The molecule has 1 unspecified atom stereocenters. The zero-order chi connectivity index (χ0) is 18.0. The predicted octanol–water partition coefficient (Wildman–Crippen LogP) is 1.19. The van der Waals surface area contributed by atoms with Crippen molar-refractivity contribution < 1.29 is 14.1 Å². The van der Waals surface area contributed by atoms with Crippen LogP contribution in [0.25, 0.3) is 0 Å². The molecule has 0 spiro atoms. The van der Waals surface area contributed by atoms with Crippen molar-refractivity contribution >= 4 is 11.8 Å². The van der Waals surface area contributed by atoms with Gasteiger partial charge in [0.05, 0.1) is 11.6 Å². The Morgan fingerprint density at radius 1 is 1.12 bits per heavy atom. The van der Waals surface area contributed by atoms with Crippen LogP contribution < -0.4 is 0 Å². The van der Waals surface area contributed by atoms with E-state index in [1.165, 1.54) is 0 Å². The Labute approximate surface area is 148 Å². The van der Waals surface area contributed by atoms with Gasteiger partial charge < -0.3 is 14.3 Å². The third kappa shape index (κ3) is 4.03. The van der Waals surface area contributed by atoms with E-state index in [1.54, 1.807) is 11.8 Å². The van der Waals surface area contributed by atoms with Gasteiger partial charge in [-0.2, -0.15) is 0 Å². The monoisotopic (exact) mass is 348 g/mol. The van der Waals surface area contributed by atoms with Crippen LogP contribution in [-0.2, 0) is 16.1 Å². The second-order valence-corrected chi connectivity index (χ2v) is 7.21. The molecule has 2 aliphatic heterocycles. The van der Waals surface area contributed by atoms with Crippen LogP contribution >= 0.6 is 0 Å². The van der Waals surface area contributed by atoms with E-state index in [0.29, 0.717) is 6.54 Å². The Balaban J connectivity index is 1.51. The number of aromatic nitrogens is 1. The lowest BCUT2D eigenvalue weighted by Gasteiger charge is -2.38. The fraction of sp³-hybridized carbons (Fsp3) is 0.722. The number of hydrogen-bond donors (Lipinski definition) is 0. The van der Waals surface area contributed by atoms with Gasteiger partial charge in [-0.25, -0.2) is 0 Å². The summed E-state index contributed by atoms with van der Waals surface area (Å²) in [7, 11) is 0. The largest absolute Gasteiger partial charge is 0.361 e. The van der Waals surface area contributed by atoms with Gasteiger partial charge in [-0.1, -0.05) is 5.16 Å². The minimum absolute atomic E-state index is 0.0354. The first-order chi connectivity index (χ1) is 12.0. The van der Waals surface area contributed by atoms with Gasteiger partial charge in [-0.15, -0.1) is 0 Å². The van der Waals surface area contributed by atoms with E-state index in [4.69, 9.17) is 4.52 Å². The number of piperidine rings is 1. The van der Waals surface area contributed by atoms with Crippen molar-refractivity contribution in [2.75, 3.05) is 39.3 Å². The van der Waals surface area contributed by atoms with Crippen molar-refractivity contribution in [1.29, 1.82) is 0 Å². The number of amides is 2. The molecule has 0 radical (unpaired) electrons. The van der Waals surface area contributed by atoms with Gasteiger partial charge in [-0.05, 0) is 26.7 Å². The molecule has 0 bridgehead atoms. The molecular formula is C18H28N4O3. The van der Waals surface area contributed by atoms with E-state index in [-0.39, 0.29) is 17.7 Å². The standard InChI is InChI=1S/C18H28N4O3/c1-13-17(14(2)25-19-13)12-20-7-9-21(10-8-20)18(24)16-5-4-6-22(11-16)15(3)23/h16H,4-12H2,1-3H3. The minimum Gasteiger partial charge on any atom is -0.361 e. The fourth-order valence-corrected chi connectivity index (χ4v) is 3.80. The summed E-state index contributed by atoms with van der Waals surface area (Å²) in [5, 5.41) is 4.01. The summed E-state index contributed by atoms with van der Waals surface area (Å²) in [4.78, 5) is 30.5. The smallest absolute Gasteiger partial charge is 0.227 e. The lowest BCUT2D eigenvalue weighted by Crippen LogP contribution is -2.52. The van der Waals surface area contributed by atoms with Crippen molar-refractivity contribution in [2.24, 2.45) is 5.92 Å². The van der Waals surface area contributed by atoms with Gasteiger partial charge >= 0.3 is 0 Å². The van der Waals surface area contributed by atoms with Crippen molar-refractivity contribution in [2.45, 2.75) is 40.2 Å². The first-order valence-electron chi connectivity index (χ1n) is 9.14. The molecule has 0 saturated carbocycles. The lowest BCUT2D eigenvalue weighted by molar-refractivity contribution is -0.141. The molecule has 1 aromatic rings. The molecule has 2 saturated heterocycles. The number of carbonyl (C=O) groups is 2. The first kappa shape index (κ1) is 17.9. The molecule has 7 nitrogen and oxygen atoms in total. The van der Waals surface area contributed by atoms with Gasteiger partial charge in [0.25, 0.3) is 0 Å². The van der Waals surface area contributed by atoms with Gasteiger partial charge in [0, 0.05) is 58.3 Å². The maximum absolute atomic E-state index is 12.8. The van der Waals surface area contributed by atoms with Crippen LogP contribution in [0.15, 0.2) is 4.52 Å². The Morgan fingerprint density at radius 2 is 1.84 bits per heavy atom. The topological polar surface area (TPSA) is 69.9 Å². The summed E-state index contributed by atoms with van der Waals surface area (Å²) >= 11 is 0. The summed E-state index contributed by atoms with van der Waals surface area (Å²) in [6, 6.07) is 0. The first-order valence-corrected chi connectivity index (χ1v) is 9.14. The van der Waals surface area contributed by atoms with E-state index in [9.17, 15) is 9.59 Å². The number of hydrogen-bond acceptors (Lipinski definition) is 5. The summed E-state index contributed by atoms with van der Waals surface area (Å²) in [5.41, 5.74) is 2.10. The molecule has 0 aromatic carbocycles. The van der Waals surface area contributed by atoms with E-state index in [2.05, 4.69) is 10.1 Å². The van der Waals surface area contributed by atoms with Crippen molar-refractivity contribution in [3.05, 3.63) is 17.0 Å². The number of nitrogens with zero attached hydrogens (tertiary/aromatic N) is 4. The van der Waals surface area contributed by atoms with E-state index < -0.39 is 0 Å². The number of carbonyl (C=O) groups excluding carboxylic acids is 2. The van der Waals surface area contributed by atoms with E-state index >= 15 is 0 Å². The highest BCUT2D eigenvalue weighted by Crippen LogP contribution is 2.21. The molecule has 138 valence electrons. The average Bonchev–Trinajstić information content (AvgIpc) is 2.94. The summed E-state index contributed by atoms with van der Waals surface area (Å²) < 4.78 is 5.23. The maximum atomic E-state index is 12.8. The number of likely N-dealkylation sites (tertiary alicyclic amines) is 1. The maximum Gasteiger partial charge on any atom is 0.227 e. The van der Waals surface area contributed by atoms with E-state index in [0.717, 1.165) is 69.1 Å². The SMILES string of the molecule is CC(=O)N1CCCC(C(=O)N2CCN(Cc3c(C)noc3C)CC2)C1. The van der Waals surface area contributed by atoms with Crippen LogP contribution in [0.4, 0.5) is 0 Å². The van der Waals surface area contributed by atoms with Crippen LogP contribution in [0.3, 0.4) is 0 Å². The van der Waals surface area contributed by atoms with Gasteiger partial charge in [0.15, 0.2) is 0 Å². The number of rotatable bonds is 3. The molecule has 3 rings (SSSR count). The Kier molecular flexibility index (Phi) is 5.42. The second-order valence-electron chi connectivity index (χ2n) is 7.21. The zero-order valence-electron chi connectivity index (χ0n) is 15.5. The third-order valence-electron chi connectivity index (χ3n) is 5.46. The fourth-order valence-electron chi connectivity index (χ4n) is 3.80. The Bertz CT molecular complexity index is 615. The number of aryl methyl sites for hydroxylation is 2. The third-order valence-corrected chi connectivity index (χ3v) is 5.46. The average molecular weight is 348 g/mol. The molecule has 2 aliphatic rings. The predicted molar refractivity (Wildman–Crippen MR) is 92.8 cm³/mol. The molecule has 7 heteroatoms. The summed E-state index contributed by atoms with van der Waals surface area (Å²) in [5.74, 6) is 1.12. The molecule has 3 heterocycles. The Hall–Kier alpha value is -1.89. The van der Waals surface area contributed by atoms with Crippen molar-refractivity contribution in [1.82, 2.24) is 19.9 Å². The highest BCUT2D eigenvalue weighted by atomic mass is 16.5. The second kappa shape index (κ2) is 7.56. The Morgan fingerprint density at radius 3 is 2.44 bits per heavy atom. The molecule has 1 atom stereocenters. The highest BCUT2D eigenvalue weighted by molar-refractivity contribution is 5.81. The van der Waals surface area contributed by atoms with Crippen LogP contribution in [-0.4, -0.2) is 70.9 Å². The summed E-state index contributed by atoms with van der Waals surface area (Å²) in [6.45, 7) is 10.9. The molecule has 2 amide bonds. The molecule has 25 heavy (non-hydrogen) atoms. The van der Waals surface area contributed by atoms with Crippen molar-refractivity contribution in [3.8, 4) is 0 Å². The van der Waals surface area contributed by atoms with Crippen LogP contribution in [0.5, 0.6) is 0 Å². The normalized spacial score (nSPS) is 22.3. The van der Waals surface area contributed by atoms with E-state index in [1.807, 2.05) is 18.7 Å². The lowest BCUT2D eigenvalue weighted by atomic mass is 9.96. The molecule has 2 fully saturated rings. The highest BCUT2D eigenvalue weighted by Gasteiger charge is 2.32. The van der Waals surface area contributed by atoms with Gasteiger partial charge in [0.1, 0.15) is 5.76 Å². The molecular weight excluding hydrogens is 320 g/mol. The molecule has 1 aromatic heterocycles. The molecule has 0 aliphatic carbocycles. The van der Waals surface area contributed by atoms with Crippen molar-refractivity contribution in [3.63, 3.8) is 0 Å².